The molecule has 1 unspecified atom stereocenters. The van der Waals surface area contributed by atoms with Crippen LogP contribution in [0.1, 0.15) is 11.7 Å². The zero-order chi connectivity index (χ0) is 14.7. The highest BCUT2D eigenvalue weighted by atomic mass is 35.5. The van der Waals surface area contributed by atoms with Crippen molar-refractivity contribution in [3.8, 4) is 5.75 Å². The van der Waals surface area contributed by atoms with E-state index in [1.807, 2.05) is 66.7 Å². The fourth-order valence-electron chi connectivity index (χ4n) is 2.41. The molecule has 0 aliphatic rings. The fourth-order valence-corrected chi connectivity index (χ4v) is 2.64. The molecule has 0 spiro atoms. The number of fused-ring (bicyclic) bond motifs is 1. The van der Waals surface area contributed by atoms with Crippen LogP contribution >= 0.6 is 11.6 Å². The molecule has 0 fully saturated rings. The van der Waals surface area contributed by atoms with Crippen molar-refractivity contribution >= 4 is 22.4 Å². The summed E-state index contributed by atoms with van der Waals surface area (Å²) in [6.45, 7) is 0.418. The number of hydrogen-bond acceptors (Lipinski definition) is 2. The van der Waals surface area contributed by atoms with Gasteiger partial charge in [0.15, 0.2) is 0 Å². The van der Waals surface area contributed by atoms with Gasteiger partial charge in [-0.1, -0.05) is 66.2 Å². The molecule has 3 heteroatoms. The molecule has 0 radical (unpaired) electrons. The lowest BCUT2D eigenvalue weighted by Gasteiger charge is -2.19. The fraction of sp³-hybridized carbons (Fsp3) is 0.111. The van der Waals surface area contributed by atoms with Gasteiger partial charge in [-0.25, -0.2) is 0 Å². The van der Waals surface area contributed by atoms with E-state index in [1.165, 1.54) is 0 Å². The van der Waals surface area contributed by atoms with Crippen LogP contribution in [0.3, 0.4) is 0 Å². The molecule has 0 saturated heterocycles. The summed E-state index contributed by atoms with van der Waals surface area (Å²) in [6, 6.07) is 21.7. The maximum Gasteiger partial charge on any atom is 0.136 e. The molecule has 1 atom stereocenters. The van der Waals surface area contributed by atoms with Gasteiger partial charge in [-0.05, 0) is 17.7 Å². The molecule has 2 N–H and O–H groups in total. The van der Waals surface area contributed by atoms with E-state index < -0.39 is 0 Å². The molecule has 0 aromatic heterocycles. The molecule has 0 heterocycles. The van der Waals surface area contributed by atoms with Gasteiger partial charge in [0.1, 0.15) is 11.9 Å². The van der Waals surface area contributed by atoms with E-state index in [4.69, 9.17) is 22.1 Å². The van der Waals surface area contributed by atoms with E-state index in [0.29, 0.717) is 6.54 Å². The van der Waals surface area contributed by atoms with Crippen molar-refractivity contribution in [3.63, 3.8) is 0 Å². The molecular weight excluding hydrogens is 282 g/mol. The van der Waals surface area contributed by atoms with Crippen molar-refractivity contribution in [1.82, 2.24) is 0 Å². The summed E-state index contributed by atoms with van der Waals surface area (Å²) in [4.78, 5) is 0. The predicted octanol–water partition coefficient (Wildman–Crippen LogP) is 4.57. The lowest BCUT2D eigenvalue weighted by Crippen LogP contribution is -2.18. The molecule has 0 bridgehead atoms. The molecule has 3 rings (SSSR count). The molecule has 3 aromatic rings. The second-order valence-electron chi connectivity index (χ2n) is 4.84. The third-order valence-corrected chi connectivity index (χ3v) is 3.82. The number of rotatable bonds is 4. The summed E-state index contributed by atoms with van der Waals surface area (Å²) >= 11 is 6.24. The maximum atomic E-state index is 6.24. The Hall–Kier alpha value is -2.03. The summed E-state index contributed by atoms with van der Waals surface area (Å²) in [5.41, 5.74) is 6.94. The van der Waals surface area contributed by atoms with E-state index >= 15 is 0 Å². The first kappa shape index (κ1) is 13.9. The van der Waals surface area contributed by atoms with Crippen LogP contribution < -0.4 is 10.5 Å². The van der Waals surface area contributed by atoms with E-state index in [2.05, 4.69) is 0 Å². The highest BCUT2D eigenvalue weighted by molar-refractivity contribution is 6.35. The van der Waals surface area contributed by atoms with Crippen molar-refractivity contribution in [2.75, 3.05) is 6.54 Å². The Balaban J connectivity index is 1.99. The van der Waals surface area contributed by atoms with Gasteiger partial charge in [0.05, 0.1) is 0 Å². The van der Waals surface area contributed by atoms with Crippen molar-refractivity contribution in [2.24, 2.45) is 5.73 Å². The van der Waals surface area contributed by atoms with Gasteiger partial charge in [-0.2, -0.15) is 0 Å². The SMILES string of the molecule is NCC(Oc1ccc(Cl)c2ccccc12)c1ccccc1. The minimum Gasteiger partial charge on any atom is -0.484 e. The summed E-state index contributed by atoms with van der Waals surface area (Å²) in [6.07, 6.45) is -0.171. The second-order valence-corrected chi connectivity index (χ2v) is 5.25. The van der Waals surface area contributed by atoms with Crippen molar-refractivity contribution in [3.05, 3.63) is 77.3 Å². The Bertz CT molecular complexity index is 743. The Morgan fingerprint density at radius 2 is 1.52 bits per heavy atom. The van der Waals surface area contributed by atoms with Crippen LogP contribution in [-0.2, 0) is 0 Å². The first-order chi connectivity index (χ1) is 10.3. The van der Waals surface area contributed by atoms with Crippen LogP contribution in [0.25, 0.3) is 10.8 Å². The lowest BCUT2D eigenvalue weighted by atomic mass is 10.1. The molecule has 0 amide bonds. The quantitative estimate of drug-likeness (QED) is 0.765. The average Bonchev–Trinajstić information content (AvgIpc) is 2.55. The highest BCUT2D eigenvalue weighted by Gasteiger charge is 2.13. The molecule has 106 valence electrons. The smallest absolute Gasteiger partial charge is 0.136 e. The second kappa shape index (κ2) is 6.17. The van der Waals surface area contributed by atoms with Crippen molar-refractivity contribution in [2.45, 2.75) is 6.10 Å². The van der Waals surface area contributed by atoms with Gasteiger partial charge >= 0.3 is 0 Å². The highest BCUT2D eigenvalue weighted by Crippen LogP contribution is 2.33. The molecule has 3 aromatic carbocycles. The normalized spacial score (nSPS) is 12.3. The number of benzene rings is 3. The zero-order valence-electron chi connectivity index (χ0n) is 11.5. The largest absolute Gasteiger partial charge is 0.484 e. The Labute approximate surface area is 129 Å². The van der Waals surface area contributed by atoms with E-state index in [-0.39, 0.29) is 6.10 Å². The number of halogens is 1. The summed E-state index contributed by atoms with van der Waals surface area (Å²) in [5, 5.41) is 2.71. The minimum atomic E-state index is -0.171. The monoisotopic (exact) mass is 297 g/mol. The van der Waals surface area contributed by atoms with Crippen molar-refractivity contribution < 1.29 is 4.74 Å². The molecule has 2 nitrogen and oxygen atoms in total. The summed E-state index contributed by atoms with van der Waals surface area (Å²) in [7, 11) is 0. The summed E-state index contributed by atoms with van der Waals surface area (Å²) in [5.74, 6) is 0.800. The van der Waals surface area contributed by atoms with Crippen LogP contribution in [0, 0.1) is 0 Å². The number of ether oxygens (including phenoxy) is 1. The third kappa shape index (κ3) is 2.87. The van der Waals surface area contributed by atoms with Gasteiger partial charge in [0.25, 0.3) is 0 Å². The first-order valence-corrected chi connectivity index (χ1v) is 7.26. The summed E-state index contributed by atoms with van der Waals surface area (Å²) < 4.78 is 6.13. The van der Waals surface area contributed by atoms with Crippen LogP contribution in [0.15, 0.2) is 66.7 Å². The van der Waals surface area contributed by atoms with Gasteiger partial charge in [0.2, 0.25) is 0 Å². The maximum absolute atomic E-state index is 6.24. The topological polar surface area (TPSA) is 35.2 Å². The van der Waals surface area contributed by atoms with E-state index in [0.717, 1.165) is 27.1 Å². The van der Waals surface area contributed by atoms with Gasteiger partial charge < -0.3 is 10.5 Å². The standard InChI is InChI=1S/C18H16ClNO/c19-16-10-11-17(15-9-5-4-8-14(15)16)21-18(12-20)13-6-2-1-3-7-13/h1-11,18H,12,20H2. The lowest BCUT2D eigenvalue weighted by molar-refractivity contribution is 0.217. The first-order valence-electron chi connectivity index (χ1n) is 6.88. The van der Waals surface area contributed by atoms with E-state index in [9.17, 15) is 0 Å². The van der Waals surface area contributed by atoms with E-state index in [1.54, 1.807) is 0 Å². The van der Waals surface area contributed by atoms with Crippen LogP contribution in [0.4, 0.5) is 0 Å². The van der Waals surface area contributed by atoms with Gasteiger partial charge in [-0.3, -0.25) is 0 Å². The van der Waals surface area contributed by atoms with Crippen LogP contribution in [-0.4, -0.2) is 6.54 Å². The van der Waals surface area contributed by atoms with Gasteiger partial charge in [-0.15, -0.1) is 0 Å². The molecular formula is C18H16ClNO. The average molecular weight is 298 g/mol. The molecule has 21 heavy (non-hydrogen) atoms. The van der Waals surface area contributed by atoms with Crippen molar-refractivity contribution in [1.29, 1.82) is 0 Å². The van der Waals surface area contributed by atoms with Gasteiger partial charge in [0, 0.05) is 22.3 Å². The Morgan fingerprint density at radius 1 is 0.857 bits per heavy atom. The zero-order valence-corrected chi connectivity index (χ0v) is 12.3. The third-order valence-electron chi connectivity index (χ3n) is 3.49. The van der Waals surface area contributed by atoms with Crippen LogP contribution in [0.5, 0.6) is 5.75 Å². The molecule has 0 saturated carbocycles. The number of hydrogen-bond donors (Lipinski definition) is 1. The number of nitrogens with two attached hydrogens (primary N) is 1. The molecule has 0 aliphatic heterocycles. The Morgan fingerprint density at radius 3 is 2.24 bits per heavy atom. The van der Waals surface area contributed by atoms with Crippen LogP contribution in [0.2, 0.25) is 5.02 Å². The minimum absolute atomic E-state index is 0.171. The molecule has 0 aliphatic carbocycles. The predicted molar refractivity (Wildman–Crippen MR) is 87.8 cm³/mol. The Kier molecular flexibility index (Phi) is 4.09.